The second-order valence-corrected chi connectivity index (χ2v) is 18.3. The van der Waals surface area contributed by atoms with E-state index < -0.39 is 15.1 Å². The van der Waals surface area contributed by atoms with Gasteiger partial charge in [-0.1, -0.05) is 190 Å². The molecule has 2 heteroatoms. The maximum atomic E-state index is 2.61. The Balaban J connectivity index is 1.24. The molecular formula is C46H52P2. The molecule has 2 unspecified atom stereocenters. The molecule has 7 rings (SSSR count). The Labute approximate surface area is 290 Å². The molecule has 0 nitrogen and oxygen atoms in total. The SMILES string of the molecule is CCCCCCCCc1ccc(-p2c3ccccc3c3cc4c(cc32)c2ccccc2p4-c2ccc(CCCCCCCC)cc2)cc1. The highest BCUT2D eigenvalue weighted by Gasteiger charge is 2.19. The Hall–Kier alpha value is -3.30. The van der Waals surface area contributed by atoms with Gasteiger partial charge in [0.2, 0.25) is 0 Å². The third-order valence-electron chi connectivity index (χ3n) is 10.5. The second-order valence-electron chi connectivity index (χ2n) is 14.0. The zero-order chi connectivity index (χ0) is 32.7. The Morgan fingerprint density at radius 3 is 1.15 bits per heavy atom. The lowest BCUT2D eigenvalue weighted by Crippen LogP contribution is -1.86. The van der Waals surface area contributed by atoms with Crippen LogP contribution in [0.15, 0.2) is 109 Å². The van der Waals surface area contributed by atoms with Crippen LogP contribution in [-0.2, 0) is 12.8 Å². The van der Waals surface area contributed by atoms with Crippen molar-refractivity contribution in [3.8, 4) is 10.6 Å². The predicted molar refractivity (Wildman–Crippen MR) is 219 cm³/mol. The molecule has 0 radical (unpaired) electrons. The molecule has 0 aliphatic rings. The van der Waals surface area contributed by atoms with Gasteiger partial charge in [-0.3, -0.25) is 0 Å². The zero-order valence-corrected chi connectivity index (χ0v) is 31.0. The van der Waals surface area contributed by atoms with Gasteiger partial charge in [0.1, 0.15) is 0 Å². The van der Waals surface area contributed by atoms with Gasteiger partial charge >= 0.3 is 0 Å². The summed E-state index contributed by atoms with van der Waals surface area (Å²) < 4.78 is 0. The maximum Gasteiger partial charge on any atom is 0.00751 e. The van der Waals surface area contributed by atoms with Gasteiger partial charge in [0.25, 0.3) is 0 Å². The standard InChI is InChI=1S/C46H52P2/c1-3-5-7-9-11-13-19-35-25-29-37(30-26-35)47-43-23-17-15-21-39(43)41-34-46-42(33-45(41)47)40-22-16-18-24-44(40)48(46)38-31-27-36(28-32-38)20-14-12-10-8-6-4-2/h15-18,21-34H,3-14,19-20H2,1-2H3. The summed E-state index contributed by atoms with van der Waals surface area (Å²) >= 11 is 0. The van der Waals surface area contributed by atoms with Crippen molar-refractivity contribution < 1.29 is 0 Å². The van der Waals surface area contributed by atoms with E-state index in [1.54, 1.807) is 0 Å². The molecule has 0 fully saturated rings. The number of hydrogen-bond acceptors (Lipinski definition) is 0. The monoisotopic (exact) mass is 666 g/mol. The molecule has 2 atom stereocenters. The van der Waals surface area contributed by atoms with Gasteiger partial charge in [-0.2, -0.15) is 0 Å². The Morgan fingerprint density at radius 2 is 0.729 bits per heavy atom. The second kappa shape index (κ2) is 15.9. The molecule has 2 aromatic heterocycles. The van der Waals surface area contributed by atoms with Gasteiger partial charge in [-0.05, 0) is 81.1 Å². The van der Waals surface area contributed by atoms with E-state index in [0.717, 1.165) is 0 Å². The average Bonchev–Trinajstić information content (AvgIpc) is 3.63. The fourth-order valence-corrected chi connectivity index (χ4v) is 13.1. The van der Waals surface area contributed by atoms with E-state index in [1.165, 1.54) is 154 Å². The van der Waals surface area contributed by atoms with Gasteiger partial charge in [-0.25, -0.2) is 0 Å². The number of fused-ring (bicyclic) bond motifs is 6. The zero-order valence-electron chi connectivity index (χ0n) is 29.2. The first-order chi connectivity index (χ1) is 23.8. The molecule has 0 amide bonds. The molecule has 0 N–H and O–H groups in total. The highest BCUT2D eigenvalue weighted by atomic mass is 31.1. The smallest absolute Gasteiger partial charge is 0.00751 e. The van der Waals surface area contributed by atoms with Gasteiger partial charge in [0.05, 0.1) is 0 Å². The third kappa shape index (κ3) is 7.04. The molecule has 2 heterocycles. The summed E-state index contributed by atoms with van der Waals surface area (Å²) in [6, 6.07) is 43.2. The van der Waals surface area contributed by atoms with E-state index in [2.05, 4.69) is 123 Å². The summed E-state index contributed by atoms with van der Waals surface area (Å²) in [4.78, 5) is 0. The van der Waals surface area contributed by atoms with Crippen LogP contribution in [0.4, 0.5) is 0 Å². The van der Waals surface area contributed by atoms with Crippen molar-refractivity contribution in [1.82, 2.24) is 0 Å². The predicted octanol–water partition coefficient (Wildman–Crippen LogP) is 16.1. The fourth-order valence-electron chi connectivity index (χ4n) is 7.83. The van der Waals surface area contributed by atoms with Crippen molar-refractivity contribution in [2.24, 2.45) is 0 Å². The minimum Gasteiger partial charge on any atom is -0.0772 e. The largest absolute Gasteiger partial charge is 0.0772 e. The third-order valence-corrected chi connectivity index (χ3v) is 15.6. The normalized spacial score (nSPS) is 12.6. The summed E-state index contributed by atoms with van der Waals surface area (Å²) in [5, 5.41) is 14.9. The lowest BCUT2D eigenvalue weighted by molar-refractivity contribution is 0.607. The van der Waals surface area contributed by atoms with E-state index >= 15 is 0 Å². The van der Waals surface area contributed by atoms with Crippen LogP contribution in [0.25, 0.3) is 52.6 Å². The lowest BCUT2D eigenvalue weighted by atomic mass is 10.1. The first-order valence-corrected chi connectivity index (χ1v) is 21.6. The molecule has 0 aliphatic carbocycles. The quantitative estimate of drug-likeness (QED) is 0.0901. The summed E-state index contributed by atoms with van der Waals surface area (Å²) in [6.07, 6.45) is 18.7. The van der Waals surface area contributed by atoms with Crippen LogP contribution in [0.2, 0.25) is 0 Å². The number of hydrogen-bond donors (Lipinski definition) is 0. The molecule has 48 heavy (non-hydrogen) atoms. The number of unbranched alkanes of at least 4 members (excludes halogenated alkanes) is 10. The van der Waals surface area contributed by atoms with E-state index in [0.29, 0.717) is 0 Å². The van der Waals surface area contributed by atoms with Gasteiger partial charge in [-0.15, -0.1) is 0 Å². The van der Waals surface area contributed by atoms with Crippen molar-refractivity contribution in [3.63, 3.8) is 0 Å². The molecule has 0 saturated heterocycles. The van der Waals surface area contributed by atoms with Crippen LogP contribution < -0.4 is 0 Å². The van der Waals surface area contributed by atoms with E-state index in [1.807, 2.05) is 0 Å². The Kier molecular flexibility index (Phi) is 11.0. The van der Waals surface area contributed by atoms with Crippen molar-refractivity contribution in [2.75, 3.05) is 0 Å². The van der Waals surface area contributed by atoms with Gasteiger partial charge in [0.15, 0.2) is 0 Å². The number of benzene rings is 5. The minimum absolute atomic E-state index is 0.580. The molecule has 246 valence electrons. The first kappa shape index (κ1) is 33.2. The summed E-state index contributed by atoms with van der Waals surface area (Å²) in [6.45, 7) is 4.59. The molecular weight excluding hydrogens is 614 g/mol. The maximum absolute atomic E-state index is 2.61. The van der Waals surface area contributed by atoms with Crippen LogP contribution >= 0.6 is 15.1 Å². The van der Waals surface area contributed by atoms with Crippen LogP contribution in [0.5, 0.6) is 0 Å². The molecule has 0 saturated carbocycles. The Bertz CT molecular complexity index is 1940. The summed E-state index contributed by atoms with van der Waals surface area (Å²) in [5.41, 5.74) is 2.98. The van der Waals surface area contributed by atoms with Crippen LogP contribution in [0.1, 0.15) is 102 Å². The minimum atomic E-state index is -0.580. The number of rotatable bonds is 16. The first-order valence-electron chi connectivity index (χ1n) is 18.9. The summed E-state index contributed by atoms with van der Waals surface area (Å²) in [7, 11) is -1.16. The van der Waals surface area contributed by atoms with Crippen molar-refractivity contribution in [2.45, 2.75) is 104 Å². The lowest BCUT2D eigenvalue weighted by Gasteiger charge is -2.08. The molecule has 0 bridgehead atoms. The average molecular weight is 667 g/mol. The Morgan fingerprint density at radius 1 is 0.354 bits per heavy atom. The van der Waals surface area contributed by atoms with Crippen molar-refractivity contribution in [3.05, 3.63) is 120 Å². The van der Waals surface area contributed by atoms with Gasteiger partial charge < -0.3 is 0 Å². The molecule has 5 aromatic carbocycles. The van der Waals surface area contributed by atoms with Crippen LogP contribution in [-0.4, -0.2) is 0 Å². The molecule has 0 spiro atoms. The van der Waals surface area contributed by atoms with Gasteiger partial charge in [0, 0.05) is 20.5 Å². The van der Waals surface area contributed by atoms with Crippen LogP contribution in [0.3, 0.4) is 0 Å². The van der Waals surface area contributed by atoms with Crippen molar-refractivity contribution in [1.29, 1.82) is 0 Å². The van der Waals surface area contributed by atoms with E-state index in [4.69, 9.17) is 0 Å². The highest BCUT2D eigenvalue weighted by molar-refractivity contribution is 7.69. The van der Waals surface area contributed by atoms with Crippen molar-refractivity contribution >= 4 is 57.1 Å². The molecule has 0 aliphatic heterocycles. The fraction of sp³-hybridized carbons (Fsp3) is 0.348. The number of aryl methyl sites for hydroxylation is 2. The van der Waals surface area contributed by atoms with E-state index in [-0.39, 0.29) is 0 Å². The highest BCUT2D eigenvalue weighted by Crippen LogP contribution is 2.60. The summed E-state index contributed by atoms with van der Waals surface area (Å²) in [5.74, 6) is 0. The van der Waals surface area contributed by atoms with Crippen LogP contribution in [0, 0.1) is 0 Å². The topological polar surface area (TPSA) is 0 Å². The molecule has 7 aromatic rings. The van der Waals surface area contributed by atoms with E-state index in [9.17, 15) is 0 Å².